The molecule has 0 aliphatic rings. The first-order chi connectivity index (χ1) is 11.6. The van der Waals surface area contributed by atoms with Crippen molar-refractivity contribution in [1.29, 1.82) is 0 Å². The van der Waals surface area contributed by atoms with E-state index in [0.717, 1.165) is 5.39 Å². The van der Waals surface area contributed by atoms with Crippen molar-refractivity contribution in [3.63, 3.8) is 0 Å². The van der Waals surface area contributed by atoms with Crippen LogP contribution in [0.15, 0.2) is 53.3 Å². The van der Waals surface area contributed by atoms with Gasteiger partial charge in [-0.15, -0.1) is 0 Å². The minimum Gasteiger partial charge on any atom is -0.453 e. The van der Waals surface area contributed by atoms with Gasteiger partial charge in [0.05, 0.1) is 10.2 Å². The number of ether oxygens (including phenoxy) is 1. The van der Waals surface area contributed by atoms with Crippen LogP contribution >= 0.6 is 15.9 Å². The van der Waals surface area contributed by atoms with Crippen LogP contribution in [0.1, 0.15) is 0 Å². The summed E-state index contributed by atoms with van der Waals surface area (Å²) in [6, 6.07) is 9.02. The molecule has 24 heavy (non-hydrogen) atoms. The molecule has 0 bridgehead atoms. The van der Waals surface area contributed by atoms with Gasteiger partial charge in [0, 0.05) is 34.9 Å². The highest BCUT2D eigenvalue weighted by atomic mass is 79.9. The van der Waals surface area contributed by atoms with E-state index in [9.17, 15) is 8.78 Å². The van der Waals surface area contributed by atoms with Crippen LogP contribution in [-0.2, 0) is 0 Å². The predicted molar refractivity (Wildman–Crippen MR) is 90.0 cm³/mol. The average molecular weight is 390 g/mol. The first kappa shape index (κ1) is 14.9. The number of fused-ring (bicyclic) bond motifs is 1. The zero-order valence-corrected chi connectivity index (χ0v) is 13.7. The zero-order chi connectivity index (χ0) is 16.7. The SMILES string of the molecule is Fc1ccc(Oc2c(F)cc3[nH]ccc3c2Br)cc1-c1ccn[nH]1. The van der Waals surface area contributed by atoms with Crippen LogP contribution in [0.4, 0.5) is 8.78 Å². The number of aromatic amines is 2. The van der Waals surface area contributed by atoms with Crippen molar-refractivity contribution in [2.45, 2.75) is 0 Å². The van der Waals surface area contributed by atoms with Crippen molar-refractivity contribution in [3.8, 4) is 22.8 Å². The maximum absolute atomic E-state index is 14.3. The first-order valence-corrected chi connectivity index (χ1v) is 7.85. The van der Waals surface area contributed by atoms with Crippen LogP contribution in [-0.4, -0.2) is 15.2 Å². The summed E-state index contributed by atoms with van der Waals surface area (Å²) < 4.78 is 34.5. The Kier molecular flexibility index (Phi) is 3.57. The number of hydrogen-bond acceptors (Lipinski definition) is 2. The number of halogens is 3. The van der Waals surface area contributed by atoms with E-state index in [1.54, 1.807) is 12.3 Å². The van der Waals surface area contributed by atoms with Crippen LogP contribution in [0.3, 0.4) is 0 Å². The Hall–Kier alpha value is -2.67. The van der Waals surface area contributed by atoms with Crippen molar-refractivity contribution < 1.29 is 13.5 Å². The molecule has 0 saturated heterocycles. The fourth-order valence-electron chi connectivity index (χ4n) is 2.50. The van der Waals surface area contributed by atoms with E-state index in [1.165, 1.54) is 30.5 Å². The molecule has 0 spiro atoms. The van der Waals surface area contributed by atoms with Gasteiger partial charge in [0.25, 0.3) is 0 Å². The van der Waals surface area contributed by atoms with Gasteiger partial charge >= 0.3 is 0 Å². The molecule has 4 rings (SSSR count). The lowest BCUT2D eigenvalue weighted by Gasteiger charge is -2.11. The van der Waals surface area contributed by atoms with E-state index >= 15 is 0 Å². The molecule has 0 aliphatic carbocycles. The quantitative estimate of drug-likeness (QED) is 0.493. The predicted octanol–water partition coefficient (Wildman–Crippen LogP) is 5.39. The molecule has 4 nitrogen and oxygen atoms in total. The van der Waals surface area contributed by atoms with Crippen molar-refractivity contribution in [2.24, 2.45) is 0 Å². The Bertz CT molecular complexity index is 1030. The van der Waals surface area contributed by atoms with E-state index in [4.69, 9.17) is 4.74 Å². The molecule has 4 aromatic rings. The minimum atomic E-state index is -0.524. The van der Waals surface area contributed by atoms with E-state index < -0.39 is 11.6 Å². The number of rotatable bonds is 3. The molecule has 120 valence electrons. The maximum atomic E-state index is 14.3. The number of benzene rings is 2. The third kappa shape index (κ3) is 2.46. The fourth-order valence-corrected chi connectivity index (χ4v) is 3.12. The van der Waals surface area contributed by atoms with Gasteiger partial charge in [0.1, 0.15) is 11.6 Å². The molecule has 0 radical (unpaired) electrons. The van der Waals surface area contributed by atoms with Gasteiger partial charge in [0.2, 0.25) is 0 Å². The molecule has 0 fully saturated rings. The van der Waals surface area contributed by atoms with E-state index in [-0.39, 0.29) is 5.75 Å². The van der Waals surface area contributed by atoms with Crippen molar-refractivity contribution >= 4 is 26.8 Å². The van der Waals surface area contributed by atoms with Crippen LogP contribution < -0.4 is 4.74 Å². The zero-order valence-electron chi connectivity index (χ0n) is 12.1. The van der Waals surface area contributed by atoms with Crippen LogP contribution in [0.5, 0.6) is 11.5 Å². The van der Waals surface area contributed by atoms with Gasteiger partial charge in [-0.2, -0.15) is 5.10 Å². The highest BCUT2D eigenvalue weighted by Gasteiger charge is 2.16. The molecular formula is C17H10BrF2N3O. The lowest BCUT2D eigenvalue weighted by Crippen LogP contribution is -1.93. The van der Waals surface area contributed by atoms with Gasteiger partial charge < -0.3 is 9.72 Å². The monoisotopic (exact) mass is 389 g/mol. The summed E-state index contributed by atoms with van der Waals surface area (Å²) in [4.78, 5) is 2.94. The fraction of sp³-hybridized carbons (Fsp3) is 0. The second-order valence-corrected chi connectivity index (χ2v) is 5.95. The van der Waals surface area contributed by atoms with Crippen LogP contribution in [0.2, 0.25) is 0 Å². The second kappa shape index (κ2) is 5.76. The summed E-state index contributed by atoms with van der Waals surface area (Å²) in [5.74, 6) is -0.587. The number of nitrogens with one attached hydrogen (secondary N) is 2. The normalized spacial score (nSPS) is 11.1. The Morgan fingerprint density at radius 2 is 1.92 bits per heavy atom. The average Bonchev–Trinajstić information content (AvgIpc) is 3.24. The molecule has 2 aromatic heterocycles. The van der Waals surface area contributed by atoms with Crippen molar-refractivity contribution in [1.82, 2.24) is 15.2 Å². The molecule has 2 heterocycles. The number of hydrogen-bond donors (Lipinski definition) is 2. The molecule has 0 aliphatic heterocycles. The minimum absolute atomic E-state index is 0.0456. The van der Waals surface area contributed by atoms with Gasteiger partial charge in [-0.25, -0.2) is 8.78 Å². The Labute approximate surface area is 143 Å². The van der Waals surface area contributed by atoms with Gasteiger partial charge in [-0.1, -0.05) is 0 Å². The topological polar surface area (TPSA) is 53.7 Å². The highest BCUT2D eigenvalue weighted by molar-refractivity contribution is 9.10. The molecule has 0 atom stereocenters. The van der Waals surface area contributed by atoms with Crippen LogP contribution in [0.25, 0.3) is 22.2 Å². The Morgan fingerprint density at radius 1 is 1.04 bits per heavy atom. The molecule has 0 unspecified atom stereocenters. The summed E-state index contributed by atoms with van der Waals surface area (Å²) in [6.45, 7) is 0. The lowest BCUT2D eigenvalue weighted by atomic mass is 10.1. The Morgan fingerprint density at radius 3 is 2.71 bits per heavy atom. The number of aromatic nitrogens is 3. The molecule has 2 aromatic carbocycles. The summed E-state index contributed by atoms with van der Waals surface area (Å²) in [5, 5.41) is 7.30. The summed E-state index contributed by atoms with van der Waals surface area (Å²) in [7, 11) is 0. The smallest absolute Gasteiger partial charge is 0.177 e. The lowest BCUT2D eigenvalue weighted by molar-refractivity contribution is 0.439. The third-order valence-corrected chi connectivity index (χ3v) is 4.44. The van der Waals surface area contributed by atoms with Crippen LogP contribution in [0, 0.1) is 11.6 Å². The van der Waals surface area contributed by atoms with E-state index in [1.807, 2.05) is 6.07 Å². The van der Waals surface area contributed by atoms with E-state index in [0.29, 0.717) is 27.0 Å². The number of H-pyrrole nitrogens is 2. The summed E-state index contributed by atoms with van der Waals surface area (Å²) in [5.41, 5.74) is 1.46. The van der Waals surface area contributed by atoms with Crippen molar-refractivity contribution in [3.05, 3.63) is 64.9 Å². The standard InChI is InChI=1S/C17H10BrF2N3O/c18-16-10-3-5-21-15(10)8-13(20)17(16)24-9-1-2-12(19)11(7-9)14-4-6-22-23-14/h1-8,21H,(H,22,23). The highest BCUT2D eigenvalue weighted by Crippen LogP contribution is 2.39. The summed E-state index contributed by atoms with van der Waals surface area (Å²) >= 11 is 3.37. The molecule has 0 amide bonds. The van der Waals surface area contributed by atoms with E-state index in [2.05, 4.69) is 31.1 Å². The van der Waals surface area contributed by atoms with Gasteiger partial charge in [-0.05, 0) is 46.3 Å². The largest absolute Gasteiger partial charge is 0.453 e. The third-order valence-electron chi connectivity index (χ3n) is 3.65. The first-order valence-electron chi connectivity index (χ1n) is 7.06. The van der Waals surface area contributed by atoms with Gasteiger partial charge in [-0.3, -0.25) is 5.10 Å². The van der Waals surface area contributed by atoms with Crippen molar-refractivity contribution in [2.75, 3.05) is 0 Å². The molecule has 2 N–H and O–H groups in total. The Balaban J connectivity index is 1.78. The maximum Gasteiger partial charge on any atom is 0.177 e. The number of nitrogens with zero attached hydrogens (tertiary/aromatic N) is 1. The molecule has 7 heteroatoms. The van der Waals surface area contributed by atoms with Gasteiger partial charge in [0.15, 0.2) is 11.6 Å². The molecule has 0 saturated carbocycles. The second-order valence-electron chi connectivity index (χ2n) is 5.15. The molecular weight excluding hydrogens is 380 g/mol. The summed E-state index contributed by atoms with van der Waals surface area (Å²) in [6.07, 6.45) is 3.24.